The van der Waals surface area contributed by atoms with Crippen LogP contribution in [-0.2, 0) is 4.79 Å². The first-order valence-corrected chi connectivity index (χ1v) is 8.50. The maximum Gasteiger partial charge on any atom is 0.133 e. The third kappa shape index (κ3) is 2.70. The van der Waals surface area contributed by atoms with Gasteiger partial charge in [-0.1, -0.05) is 55.0 Å². The molecular formula is C21H21NO. The van der Waals surface area contributed by atoms with Gasteiger partial charge in [-0.15, -0.1) is 0 Å². The van der Waals surface area contributed by atoms with Crippen molar-refractivity contribution in [1.29, 1.82) is 0 Å². The highest BCUT2D eigenvalue weighted by molar-refractivity contribution is 5.92. The largest absolute Gasteiger partial charge is 0.354 e. The molecule has 4 rings (SSSR count). The van der Waals surface area contributed by atoms with Crippen molar-refractivity contribution in [3.63, 3.8) is 0 Å². The van der Waals surface area contributed by atoms with Crippen molar-refractivity contribution < 1.29 is 4.79 Å². The van der Waals surface area contributed by atoms with E-state index in [0.29, 0.717) is 18.1 Å². The zero-order chi connectivity index (χ0) is 15.6. The summed E-state index contributed by atoms with van der Waals surface area (Å²) in [7, 11) is 0. The highest BCUT2D eigenvalue weighted by Gasteiger charge is 2.25. The summed E-state index contributed by atoms with van der Waals surface area (Å²) in [5.41, 5.74) is 4.89. The number of fused-ring (bicyclic) bond motifs is 1. The number of Topliss-reactive ketones (excluding diaryl/α,β-unsaturated/α-hetero) is 1. The Morgan fingerprint density at radius 3 is 2.57 bits per heavy atom. The average molecular weight is 303 g/mol. The van der Waals surface area contributed by atoms with E-state index in [1.807, 2.05) is 6.07 Å². The predicted molar refractivity (Wildman–Crippen MR) is 94.6 cm³/mol. The molecule has 1 N–H and O–H groups in total. The molecule has 116 valence electrons. The van der Waals surface area contributed by atoms with Gasteiger partial charge in [0, 0.05) is 29.4 Å². The number of rotatable bonds is 2. The third-order valence-corrected chi connectivity index (χ3v) is 4.95. The Kier molecular flexibility index (Phi) is 3.74. The lowest BCUT2D eigenvalue weighted by Gasteiger charge is -2.16. The van der Waals surface area contributed by atoms with E-state index < -0.39 is 0 Å². The van der Waals surface area contributed by atoms with Crippen molar-refractivity contribution in [2.24, 2.45) is 0 Å². The van der Waals surface area contributed by atoms with Crippen molar-refractivity contribution in [2.45, 2.75) is 38.0 Å². The van der Waals surface area contributed by atoms with Gasteiger partial charge in [-0.2, -0.15) is 0 Å². The quantitative estimate of drug-likeness (QED) is 0.627. The Morgan fingerprint density at radius 2 is 1.70 bits per heavy atom. The second kappa shape index (κ2) is 6.04. The SMILES string of the molecule is O=C1CCCCC(c2c(-c3ccccc3)[nH]c3ccccc23)C1. The van der Waals surface area contributed by atoms with Crippen molar-refractivity contribution >= 4 is 16.7 Å². The molecule has 1 aliphatic carbocycles. The molecule has 0 radical (unpaired) electrons. The maximum atomic E-state index is 12.2. The van der Waals surface area contributed by atoms with Crippen LogP contribution in [-0.4, -0.2) is 10.8 Å². The van der Waals surface area contributed by atoms with E-state index in [9.17, 15) is 4.79 Å². The molecule has 0 amide bonds. The van der Waals surface area contributed by atoms with Gasteiger partial charge in [0.05, 0.1) is 0 Å². The van der Waals surface area contributed by atoms with Gasteiger partial charge in [0.25, 0.3) is 0 Å². The fourth-order valence-electron chi connectivity index (χ4n) is 3.86. The number of ketones is 1. The summed E-state index contributed by atoms with van der Waals surface area (Å²) in [6.45, 7) is 0. The standard InChI is InChI=1S/C21H21NO/c23-17-11-5-4-10-16(14-17)20-18-12-6-7-13-19(18)22-21(20)15-8-2-1-3-9-15/h1-3,6-9,12-13,16,22H,4-5,10-11,14H2. The molecule has 0 aliphatic heterocycles. The number of carbonyl (C=O) groups excluding carboxylic acids is 1. The third-order valence-electron chi connectivity index (χ3n) is 4.95. The van der Waals surface area contributed by atoms with Gasteiger partial charge < -0.3 is 4.98 Å². The van der Waals surface area contributed by atoms with Crippen molar-refractivity contribution in [3.05, 3.63) is 60.2 Å². The zero-order valence-corrected chi connectivity index (χ0v) is 13.2. The molecule has 1 aliphatic rings. The molecule has 1 unspecified atom stereocenters. The van der Waals surface area contributed by atoms with Crippen molar-refractivity contribution in [1.82, 2.24) is 4.98 Å². The number of benzene rings is 2. The fraction of sp³-hybridized carbons (Fsp3) is 0.286. The normalized spacial score (nSPS) is 19.0. The van der Waals surface area contributed by atoms with Gasteiger partial charge in [-0.25, -0.2) is 0 Å². The molecule has 1 fully saturated rings. The minimum absolute atomic E-state index is 0.330. The second-order valence-corrected chi connectivity index (χ2v) is 6.51. The monoisotopic (exact) mass is 303 g/mol. The van der Waals surface area contributed by atoms with E-state index in [2.05, 4.69) is 53.5 Å². The van der Waals surface area contributed by atoms with Crippen LogP contribution in [0.3, 0.4) is 0 Å². The molecule has 3 aromatic rings. The number of H-pyrrole nitrogens is 1. The van der Waals surface area contributed by atoms with E-state index in [1.165, 1.54) is 22.2 Å². The average Bonchev–Trinajstić information content (AvgIpc) is 2.85. The van der Waals surface area contributed by atoms with Gasteiger partial charge in [-0.05, 0) is 36.0 Å². The van der Waals surface area contributed by atoms with Crippen LogP contribution in [0.25, 0.3) is 22.2 Å². The summed E-state index contributed by atoms with van der Waals surface area (Å²) in [4.78, 5) is 15.8. The summed E-state index contributed by atoms with van der Waals surface area (Å²) in [5, 5.41) is 1.27. The number of aromatic amines is 1. The second-order valence-electron chi connectivity index (χ2n) is 6.51. The number of nitrogens with one attached hydrogen (secondary N) is 1. The first kappa shape index (κ1) is 14.3. The zero-order valence-electron chi connectivity index (χ0n) is 13.2. The topological polar surface area (TPSA) is 32.9 Å². The number of carbonyl (C=O) groups is 1. The Hall–Kier alpha value is -2.35. The minimum atomic E-state index is 0.330. The van der Waals surface area contributed by atoms with Crippen LogP contribution in [0.15, 0.2) is 54.6 Å². The van der Waals surface area contributed by atoms with E-state index in [-0.39, 0.29) is 0 Å². The summed E-state index contributed by atoms with van der Waals surface area (Å²) >= 11 is 0. The van der Waals surface area contributed by atoms with Crippen molar-refractivity contribution in [2.75, 3.05) is 0 Å². The summed E-state index contributed by atoms with van der Waals surface area (Å²) in [6.07, 6.45) is 4.72. The Bertz CT molecular complexity index is 831. The van der Waals surface area contributed by atoms with Crippen molar-refractivity contribution in [3.8, 4) is 11.3 Å². The van der Waals surface area contributed by atoms with Crippen LogP contribution in [0.1, 0.15) is 43.6 Å². The maximum absolute atomic E-state index is 12.2. The minimum Gasteiger partial charge on any atom is -0.354 e. The first-order chi connectivity index (χ1) is 11.3. The van der Waals surface area contributed by atoms with Crippen LogP contribution >= 0.6 is 0 Å². The number of hydrogen-bond acceptors (Lipinski definition) is 1. The fourth-order valence-corrected chi connectivity index (χ4v) is 3.86. The lowest BCUT2D eigenvalue weighted by atomic mass is 9.87. The molecule has 23 heavy (non-hydrogen) atoms. The van der Waals surface area contributed by atoms with Gasteiger partial charge in [0.1, 0.15) is 5.78 Å². The molecule has 0 spiro atoms. The first-order valence-electron chi connectivity index (χ1n) is 8.50. The highest BCUT2D eigenvalue weighted by atomic mass is 16.1. The Balaban J connectivity index is 1.90. The number of aromatic nitrogens is 1. The smallest absolute Gasteiger partial charge is 0.133 e. The molecule has 2 nitrogen and oxygen atoms in total. The molecule has 2 heteroatoms. The molecule has 1 atom stereocenters. The molecule has 2 aromatic carbocycles. The van der Waals surface area contributed by atoms with Gasteiger partial charge in [-0.3, -0.25) is 4.79 Å². The van der Waals surface area contributed by atoms with E-state index >= 15 is 0 Å². The molecule has 1 saturated carbocycles. The van der Waals surface area contributed by atoms with E-state index in [1.54, 1.807) is 0 Å². The van der Waals surface area contributed by atoms with Gasteiger partial charge >= 0.3 is 0 Å². The summed E-state index contributed by atoms with van der Waals surface area (Å²) in [6, 6.07) is 18.9. The van der Waals surface area contributed by atoms with Gasteiger partial charge in [0.15, 0.2) is 0 Å². The van der Waals surface area contributed by atoms with E-state index in [0.717, 1.165) is 31.2 Å². The Morgan fingerprint density at radius 1 is 0.913 bits per heavy atom. The molecular weight excluding hydrogens is 282 g/mol. The van der Waals surface area contributed by atoms with Crippen LogP contribution < -0.4 is 0 Å². The van der Waals surface area contributed by atoms with Crippen LogP contribution in [0.2, 0.25) is 0 Å². The van der Waals surface area contributed by atoms with E-state index in [4.69, 9.17) is 0 Å². The Labute approximate surface area is 136 Å². The highest BCUT2D eigenvalue weighted by Crippen LogP contribution is 2.40. The van der Waals surface area contributed by atoms with Crippen LogP contribution in [0, 0.1) is 0 Å². The number of hydrogen-bond donors (Lipinski definition) is 1. The summed E-state index contributed by atoms with van der Waals surface area (Å²) < 4.78 is 0. The van der Waals surface area contributed by atoms with Crippen LogP contribution in [0.5, 0.6) is 0 Å². The van der Waals surface area contributed by atoms with Gasteiger partial charge in [0.2, 0.25) is 0 Å². The summed E-state index contributed by atoms with van der Waals surface area (Å²) in [5.74, 6) is 0.744. The molecule has 0 bridgehead atoms. The lowest BCUT2D eigenvalue weighted by molar-refractivity contribution is -0.119. The molecule has 1 aromatic heterocycles. The lowest BCUT2D eigenvalue weighted by Crippen LogP contribution is -2.04. The van der Waals surface area contributed by atoms with Crippen LogP contribution in [0.4, 0.5) is 0 Å². The molecule has 1 heterocycles. The predicted octanol–water partition coefficient (Wildman–Crippen LogP) is 5.45. The number of para-hydroxylation sites is 1. The molecule has 0 saturated heterocycles.